The maximum atomic E-state index is 12.8. The van der Waals surface area contributed by atoms with Gasteiger partial charge in [-0.05, 0) is 18.2 Å². The number of H-pyrrole nitrogens is 2. The number of thioether (sulfide) groups is 1. The summed E-state index contributed by atoms with van der Waals surface area (Å²) >= 11 is 1.25. The van der Waals surface area contributed by atoms with Gasteiger partial charge in [-0.15, -0.1) is 0 Å². The Bertz CT molecular complexity index is 1140. The molecule has 0 aliphatic heterocycles. The summed E-state index contributed by atoms with van der Waals surface area (Å²) in [5.41, 5.74) is 1.10. The molecule has 0 radical (unpaired) electrons. The maximum Gasteiger partial charge on any atom is 0.287 e. The number of nitrogens with one attached hydrogen (secondary N) is 3. The molecule has 0 atom stereocenters. The third kappa shape index (κ3) is 4.60. The molecule has 3 N–H and O–H groups in total. The number of fused-ring (bicyclic) bond motifs is 1. The van der Waals surface area contributed by atoms with Crippen molar-refractivity contribution in [3.8, 4) is 0 Å². The number of alkyl halides is 2. The van der Waals surface area contributed by atoms with E-state index in [-0.39, 0.29) is 23.5 Å². The number of imidazole rings is 1. The number of carbonyl (C=O) groups excluding carboxylic acids is 1. The average Bonchev–Trinajstić information content (AvgIpc) is 3.14. The molecule has 0 bridgehead atoms. The first kappa shape index (κ1) is 20.5. The molecule has 0 spiro atoms. The van der Waals surface area contributed by atoms with Crippen LogP contribution in [0.25, 0.3) is 23.2 Å². The van der Waals surface area contributed by atoms with Gasteiger partial charge in [-0.2, -0.15) is 0 Å². The van der Waals surface area contributed by atoms with Crippen LogP contribution in [0.4, 0.5) is 8.78 Å². The fraction of sp³-hybridized carbons (Fsp3) is 0.158. The lowest BCUT2D eigenvalue weighted by Gasteiger charge is -2.05. The molecular weight excluding hydrogens is 400 g/mol. The SMILES string of the molecule is C=Cc1nc(SCCNC(=O)c2nc3ccc(C(F)F)cc3[nH]2)[nH]c(=O)c1C=C. The van der Waals surface area contributed by atoms with Gasteiger partial charge in [-0.25, -0.2) is 18.7 Å². The van der Waals surface area contributed by atoms with Crippen LogP contribution in [0.5, 0.6) is 0 Å². The number of halogens is 2. The Kier molecular flexibility index (Phi) is 6.23. The summed E-state index contributed by atoms with van der Waals surface area (Å²) in [6.45, 7) is 7.48. The Morgan fingerprint density at radius 3 is 2.72 bits per heavy atom. The number of hydrogen-bond donors (Lipinski definition) is 3. The van der Waals surface area contributed by atoms with Gasteiger partial charge >= 0.3 is 0 Å². The fourth-order valence-corrected chi connectivity index (χ4v) is 3.29. The van der Waals surface area contributed by atoms with E-state index < -0.39 is 12.3 Å². The fourth-order valence-electron chi connectivity index (χ4n) is 2.57. The predicted octanol–water partition coefficient (Wildman–Crippen LogP) is 3.39. The van der Waals surface area contributed by atoms with E-state index >= 15 is 0 Å². The zero-order chi connectivity index (χ0) is 21.0. The van der Waals surface area contributed by atoms with E-state index in [0.29, 0.717) is 33.2 Å². The quantitative estimate of drug-likeness (QED) is 0.296. The van der Waals surface area contributed by atoms with Crippen molar-refractivity contribution in [1.29, 1.82) is 0 Å². The molecule has 0 fully saturated rings. The van der Waals surface area contributed by atoms with Gasteiger partial charge in [0.15, 0.2) is 11.0 Å². The van der Waals surface area contributed by atoms with Crippen LogP contribution in [0, 0.1) is 0 Å². The summed E-state index contributed by atoms with van der Waals surface area (Å²) in [4.78, 5) is 38.0. The molecule has 0 saturated heterocycles. The van der Waals surface area contributed by atoms with Crippen molar-refractivity contribution in [2.45, 2.75) is 11.6 Å². The van der Waals surface area contributed by atoms with E-state index in [2.05, 4.69) is 38.4 Å². The molecule has 0 saturated carbocycles. The van der Waals surface area contributed by atoms with Crippen LogP contribution >= 0.6 is 11.8 Å². The van der Waals surface area contributed by atoms with Crippen molar-refractivity contribution >= 4 is 40.9 Å². The number of aromatic amines is 2. The highest BCUT2D eigenvalue weighted by molar-refractivity contribution is 7.99. The van der Waals surface area contributed by atoms with Crippen molar-refractivity contribution in [2.75, 3.05) is 12.3 Å². The van der Waals surface area contributed by atoms with E-state index in [1.807, 2.05) is 0 Å². The molecule has 150 valence electrons. The van der Waals surface area contributed by atoms with Crippen molar-refractivity contribution in [3.05, 3.63) is 64.4 Å². The van der Waals surface area contributed by atoms with Crippen LogP contribution in [0.1, 0.15) is 33.9 Å². The van der Waals surface area contributed by atoms with Gasteiger partial charge in [-0.1, -0.05) is 37.1 Å². The zero-order valence-electron chi connectivity index (χ0n) is 15.2. The van der Waals surface area contributed by atoms with E-state index in [0.717, 1.165) is 0 Å². The van der Waals surface area contributed by atoms with Crippen molar-refractivity contribution in [1.82, 2.24) is 25.3 Å². The maximum absolute atomic E-state index is 12.8. The van der Waals surface area contributed by atoms with Gasteiger partial charge in [0, 0.05) is 17.9 Å². The second-order valence-electron chi connectivity index (χ2n) is 5.85. The standard InChI is InChI=1S/C19H17F2N5O2S/c1-3-11-12(4-2)25-19(26-17(11)27)29-8-7-22-18(28)16-23-13-6-5-10(15(20)21)9-14(13)24-16/h3-6,9,15H,1-2,7-8H2,(H,22,28)(H,23,24)(H,25,26,27). The molecule has 3 rings (SSSR count). The summed E-state index contributed by atoms with van der Waals surface area (Å²) in [6.07, 6.45) is 0.285. The Labute approximate surface area is 168 Å². The minimum atomic E-state index is -2.60. The highest BCUT2D eigenvalue weighted by Gasteiger charge is 2.14. The van der Waals surface area contributed by atoms with Gasteiger partial charge in [0.05, 0.1) is 22.3 Å². The van der Waals surface area contributed by atoms with Crippen molar-refractivity contribution < 1.29 is 13.6 Å². The second kappa shape index (κ2) is 8.82. The monoisotopic (exact) mass is 417 g/mol. The van der Waals surface area contributed by atoms with Crippen LogP contribution in [0.2, 0.25) is 0 Å². The topological polar surface area (TPSA) is 104 Å². The van der Waals surface area contributed by atoms with Crippen LogP contribution in [-0.2, 0) is 0 Å². The highest BCUT2D eigenvalue weighted by atomic mass is 32.2. The van der Waals surface area contributed by atoms with E-state index in [4.69, 9.17) is 0 Å². The average molecular weight is 417 g/mol. The molecule has 10 heteroatoms. The van der Waals surface area contributed by atoms with E-state index in [9.17, 15) is 18.4 Å². The highest BCUT2D eigenvalue weighted by Crippen LogP contribution is 2.22. The number of benzene rings is 1. The Morgan fingerprint density at radius 2 is 2.03 bits per heavy atom. The molecule has 3 aromatic rings. The lowest BCUT2D eigenvalue weighted by molar-refractivity contribution is 0.0947. The number of carbonyl (C=O) groups is 1. The Hall–Kier alpha value is -3.27. The molecular formula is C19H17F2N5O2S. The molecule has 1 amide bonds. The molecule has 7 nitrogen and oxygen atoms in total. The van der Waals surface area contributed by atoms with E-state index in [1.54, 1.807) is 0 Å². The summed E-state index contributed by atoms with van der Waals surface area (Å²) < 4.78 is 25.5. The largest absolute Gasteiger partial charge is 0.349 e. The Morgan fingerprint density at radius 1 is 1.24 bits per heavy atom. The first-order chi connectivity index (χ1) is 13.9. The molecule has 1 aromatic carbocycles. The van der Waals surface area contributed by atoms with Gasteiger partial charge < -0.3 is 15.3 Å². The minimum Gasteiger partial charge on any atom is -0.349 e. The third-order valence-electron chi connectivity index (χ3n) is 3.96. The van der Waals surface area contributed by atoms with Gasteiger partial charge in [0.2, 0.25) is 0 Å². The smallest absolute Gasteiger partial charge is 0.287 e. The van der Waals surface area contributed by atoms with E-state index in [1.165, 1.54) is 42.1 Å². The third-order valence-corrected chi connectivity index (χ3v) is 4.83. The number of nitrogens with zero attached hydrogens (tertiary/aromatic N) is 2. The number of hydrogen-bond acceptors (Lipinski definition) is 5. The molecule has 0 aliphatic rings. The van der Waals surface area contributed by atoms with Crippen LogP contribution in [0.3, 0.4) is 0 Å². The number of aromatic nitrogens is 4. The summed E-state index contributed by atoms with van der Waals surface area (Å²) in [7, 11) is 0. The summed E-state index contributed by atoms with van der Waals surface area (Å²) in [5, 5.41) is 3.07. The van der Waals surface area contributed by atoms with Crippen LogP contribution < -0.4 is 10.9 Å². The van der Waals surface area contributed by atoms with Gasteiger partial charge in [0.1, 0.15) is 0 Å². The number of amides is 1. The normalized spacial score (nSPS) is 11.0. The van der Waals surface area contributed by atoms with Crippen LogP contribution in [0.15, 0.2) is 41.3 Å². The minimum absolute atomic E-state index is 0.0345. The van der Waals surface area contributed by atoms with Gasteiger partial charge in [-0.3, -0.25) is 9.59 Å². The number of rotatable bonds is 8. The molecule has 0 aliphatic carbocycles. The van der Waals surface area contributed by atoms with Crippen molar-refractivity contribution in [3.63, 3.8) is 0 Å². The molecule has 2 heterocycles. The molecule has 29 heavy (non-hydrogen) atoms. The first-order valence-electron chi connectivity index (χ1n) is 8.51. The second-order valence-corrected chi connectivity index (χ2v) is 6.93. The van der Waals surface area contributed by atoms with Crippen molar-refractivity contribution in [2.24, 2.45) is 0 Å². The Balaban J connectivity index is 1.60. The lowest BCUT2D eigenvalue weighted by atomic mass is 10.2. The lowest BCUT2D eigenvalue weighted by Crippen LogP contribution is -2.26. The summed E-state index contributed by atoms with van der Waals surface area (Å²) in [5.74, 6) is 0.0110. The molecule has 0 unspecified atom stereocenters. The molecule has 2 aromatic heterocycles. The van der Waals surface area contributed by atoms with Gasteiger partial charge in [0.25, 0.3) is 17.9 Å². The first-order valence-corrected chi connectivity index (χ1v) is 9.49. The van der Waals surface area contributed by atoms with Crippen LogP contribution in [-0.4, -0.2) is 38.1 Å². The predicted molar refractivity (Wildman–Crippen MR) is 109 cm³/mol. The zero-order valence-corrected chi connectivity index (χ0v) is 16.0. The summed E-state index contributed by atoms with van der Waals surface area (Å²) in [6, 6.07) is 3.98.